The second-order valence-corrected chi connectivity index (χ2v) is 8.32. The van der Waals surface area contributed by atoms with E-state index in [0.29, 0.717) is 18.0 Å². The highest BCUT2D eigenvalue weighted by atomic mass is 32.1. The van der Waals surface area contributed by atoms with Crippen LogP contribution in [0.5, 0.6) is 0 Å². The second kappa shape index (κ2) is 7.53. The normalized spacial score (nSPS) is 14.5. The Morgan fingerprint density at radius 1 is 1.00 bits per heavy atom. The first-order valence-corrected chi connectivity index (χ1v) is 10.6. The summed E-state index contributed by atoms with van der Waals surface area (Å²) in [5.41, 5.74) is 2.77. The number of fused-ring (bicyclic) bond motifs is 1. The number of thiophene rings is 1. The van der Waals surface area contributed by atoms with Crippen LogP contribution in [-0.2, 0) is 0 Å². The van der Waals surface area contributed by atoms with Crippen molar-refractivity contribution in [1.29, 1.82) is 0 Å². The number of rotatable bonds is 3. The maximum Gasteiger partial charge on any atom is 0.264 e. The number of aromatic nitrogens is 3. The minimum atomic E-state index is -0.285. The Morgan fingerprint density at radius 3 is 2.40 bits per heavy atom. The Kier molecular flexibility index (Phi) is 4.71. The number of anilines is 1. The lowest BCUT2D eigenvalue weighted by atomic mass is 10.2. The Morgan fingerprint density at radius 2 is 1.70 bits per heavy atom. The molecule has 0 atom stereocenters. The molecule has 4 aromatic rings. The third-order valence-electron chi connectivity index (χ3n) is 5.42. The van der Waals surface area contributed by atoms with Gasteiger partial charge in [-0.1, -0.05) is 0 Å². The summed E-state index contributed by atoms with van der Waals surface area (Å²) in [6.45, 7) is 4.87. The van der Waals surface area contributed by atoms with Gasteiger partial charge in [0, 0.05) is 49.6 Å². The summed E-state index contributed by atoms with van der Waals surface area (Å²) >= 11 is 1.44. The molecule has 1 aromatic carbocycles. The van der Waals surface area contributed by atoms with Crippen LogP contribution in [0.1, 0.15) is 15.4 Å². The Hall–Kier alpha value is -3.26. The van der Waals surface area contributed by atoms with Crippen LogP contribution >= 0.6 is 11.3 Å². The number of pyridine rings is 1. The zero-order valence-electron chi connectivity index (χ0n) is 16.5. The first kappa shape index (κ1) is 18.7. The molecule has 5 rings (SSSR count). The molecule has 0 spiro atoms. The SMILES string of the molecule is Cc1nn(-c2ccc(F)cc2)c2sc(C(=O)N3CCN(c4ccncc4)CC3)cc12. The van der Waals surface area contributed by atoms with Crippen molar-refractivity contribution >= 4 is 33.1 Å². The number of aryl methyl sites for hydroxylation is 1. The molecule has 0 radical (unpaired) electrons. The number of nitrogens with zero attached hydrogens (tertiary/aromatic N) is 5. The fraction of sp³-hybridized carbons (Fsp3) is 0.227. The van der Waals surface area contributed by atoms with Crippen molar-refractivity contribution in [3.8, 4) is 5.69 Å². The first-order valence-electron chi connectivity index (χ1n) is 9.79. The zero-order valence-corrected chi connectivity index (χ0v) is 17.3. The van der Waals surface area contributed by atoms with Gasteiger partial charge in [0.1, 0.15) is 10.6 Å². The highest BCUT2D eigenvalue weighted by Crippen LogP contribution is 2.31. The molecule has 8 heteroatoms. The molecule has 1 aliphatic rings. The van der Waals surface area contributed by atoms with Crippen molar-refractivity contribution in [1.82, 2.24) is 19.7 Å². The minimum Gasteiger partial charge on any atom is -0.368 e. The van der Waals surface area contributed by atoms with Crippen molar-refractivity contribution < 1.29 is 9.18 Å². The van der Waals surface area contributed by atoms with E-state index < -0.39 is 0 Å². The van der Waals surface area contributed by atoms with Gasteiger partial charge in [-0.25, -0.2) is 9.07 Å². The van der Waals surface area contributed by atoms with E-state index in [2.05, 4.69) is 15.0 Å². The summed E-state index contributed by atoms with van der Waals surface area (Å²) in [6, 6.07) is 12.1. The van der Waals surface area contributed by atoms with Gasteiger partial charge in [-0.3, -0.25) is 9.78 Å². The number of amides is 1. The maximum absolute atomic E-state index is 13.3. The largest absolute Gasteiger partial charge is 0.368 e. The van der Waals surface area contributed by atoms with Crippen molar-refractivity contribution in [2.75, 3.05) is 31.1 Å². The quantitative estimate of drug-likeness (QED) is 0.504. The summed E-state index contributed by atoms with van der Waals surface area (Å²) in [4.78, 5) is 23.0. The number of hydrogen-bond donors (Lipinski definition) is 0. The lowest BCUT2D eigenvalue weighted by Crippen LogP contribution is -2.48. The van der Waals surface area contributed by atoms with Crippen LogP contribution in [0, 0.1) is 12.7 Å². The van der Waals surface area contributed by atoms with E-state index in [4.69, 9.17) is 0 Å². The van der Waals surface area contributed by atoms with Crippen molar-refractivity contribution in [3.05, 3.63) is 71.2 Å². The van der Waals surface area contributed by atoms with Crippen LogP contribution in [0.2, 0.25) is 0 Å². The topological polar surface area (TPSA) is 54.3 Å². The van der Waals surface area contributed by atoms with Crippen molar-refractivity contribution in [2.24, 2.45) is 0 Å². The van der Waals surface area contributed by atoms with Crippen LogP contribution in [0.15, 0.2) is 54.9 Å². The molecule has 0 unspecified atom stereocenters. The van der Waals surface area contributed by atoms with Gasteiger partial charge < -0.3 is 9.80 Å². The number of carbonyl (C=O) groups excluding carboxylic acids is 1. The Bertz CT molecular complexity index is 1190. The maximum atomic E-state index is 13.3. The predicted molar refractivity (Wildman–Crippen MR) is 116 cm³/mol. The number of hydrogen-bond acceptors (Lipinski definition) is 5. The van der Waals surface area contributed by atoms with E-state index in [1.165, 1.54) is 23.5 Å². The fourth-order valence-corrected chi connectivity index (χ4v) is 4.94. The van der Waals surface area contributed by atoms with Crippen LogP contribution < -0.4 is 4.90 Å². The third-order valence-corrected chi connectivity index (χ3v) is 6.52. The summed E-state index contributed by atoms with van der Waals surface area (Å²) in [5.74, 6) is -0.234. The molecule has 1 amide bonds. The van der Waals surface area contributed by atoms with E-state index in [9.17, 15) is 9.18 Å². The van der Waals surface area contributed by atoms with Crippen LogP contribution in [0.3, 0.4) is 0 Å². The standard InChI is InChI=1S/C22H20FN5OS/c1-15-19-14-20(30-22(19)28(25-15)18-4-2-16(23)3-5-18)21(29)27-12-10-26(11-13-27)17-6-8-24-9-7-17/h2-9,14H,10-13H2,1H3. The first-order chi connectivity index (χ1) is 14.6. The third kappa shape index (κ3) is 3.33. The van der Waals surface area contributed by atoms with Gasteiger partial charge in [-0.2, -0.15) is 5.10 Å². The Balaban J connectivity index is 1.37. The smallest absolute Gasteiger partial charge is 0.264 e. The molecule has 4 heterocycles. The summed E-state index contributed by atoms with van der Waals surface area (Å²) in [5, 5.41) is 5.54. The van der Waals surface area contributed by atoms with E-state index in [-0.39, 0.29) is 11.7 Å². The molecule has 1 aliphatic heterocycles. The average molecular weight is 422 g/mol. The average Bonchev–Trinajstić information content (AvgIpc) is 3.35. The van der Waals surface area contributed by atoms with Crippen molar-refractivity contribution in [2.45, 2.75) is 6.92 Å². The van der Waals surface area contributed by atoms with Gasteiger partial charge in [0.2, 0.25) is 0 Å². The molecule has 0 saturated carbocycles. The fourth-order valence-electron chi connectivity index (χ4n) is 3.79. The molecule has 3 aromatic heterocycles. The molecule has 6 nitrogen and oxygen atoms in total. The number of benzene rings is 1. The van der Waals surface area contributed by atoms with Crippen LogP contribution in [-0.4, -0.2) is 51.8 Å². The molecule has 0 N–H and O–H groups in total. The van der Waals surface area contributed by atoms with Gasteiger partial charge >= 0.3 is 0 Å². The summed E-state index contributed by atoms with van der Waals surface area (Å²) in [7, 11) is 0. The van der Waals surface area contributed by atoms with E-state index in [0.717, 1.165) is 40.4 Å². The van der Waals surface area contributed by atoms with Crippen LogP contribution in [0.25, 0.3) is 15.9 Å². The molecule has 0 bridgehead atoms. The Labute approximate surface area is 177 Å². The highest BCUT2D eigenvalue weighted by molar-refractivity contribution is 7.20. The van der Waals surface area contributed by atoms with Gasteiger partial charge in [0.15, 0.2) is 0 Å². The number of piperazine rings is 1. The summed E-state index contributed by atoms with van der Waals surface area (Å²) in [6.07, 6.45) is 3.58. The number of carbonyl (C=O) groups is 1. The highest BCUT2D eigenvalue weighted by Gasteiger charge is 2.25. The monoisotopic (exact) mass is 421 g/mol. The van der Waals surface area contributed by atoms with Crippen molar-refractivity contribution in [3.63, 3.8) is 0 Å². The number of halogens is 1. The lowest BCUT2D eigenvalue weighted by molar-refractivity contribution is 0.0751. The molecule has 0 aliphatic carbocycles. The zero-order chi connectivity index (χ0) is 20.7. The summed E-state index contributed by atoms with van der Waals surface area (Å²) < 4.78 is 15.1. The van der Waals surface area contributed by atoms with Gasteiger partial charge in [0.25, 0.3) is 5.91 Å². The molecule has 1 fully saturated rings. The van der Waals surface area contributed by atoms with Crippen LogP contribution in [0.4, 0.5) is 10.1 Å². The van der Waals surface area contributed by atoms with E-state index >= 15 is 0 Å². The molecular weight excluding hydrogens is 401 g/mol. The van der Waals surface area contributed by atoms with Gasteiger partial charge in [0.05, 0.1) is 16.3 Å². The molecule has 1 saturated heterocycles. The van der Waals surface area contributed by atoms with Gasteiger partial charge in [-0.15, -0.1) is 11.3 Å². The minimum absolute atomic E-state index is 0.0515. The molecule has 30 heavy (non-hydrogen) atoms. The molecular formula is C22H20FN5OS. The van der Waals surface area contributed by atoms with E-state index in [1.807, 2.05) is 30.0 Å². The van der Waals surface area contributed by atoms with E-state index in [1.54, 1.807) is 29.2 Å². The second-order valence-electron chi connectivity index (χ2n) is 7.29. The predicted octanol–water partition coefficient (Wildman–Crippen LogP) is 3.89. The lowest BCUT2D eigenvalue weighted by Gasteiger charge is -2.35. The van der Waals surface area contributed by atoms with Gasteiger partial charge in [-0.05, 0) is 49.4 Å². The molecule has 152 valence electrons.